The minimum atomic E-state index is -0.965. The summed E-state index contributed by atoms with van der Waals surface area (Å²) < 4.78 is 0. The Balaban J connectivity index is 2.47. The Bertz CT molecular complexity index is 470. The lowest BCUT2D eigenvalue weighted by Crippen LogP contribution is -2.46. The zero-order chi connectivity index (χ0) is 14.3. The van der Waals surface area contributed by atoms with Crippen molar-refractivity contribution in [3.8, 4) is 11.8 Å². The third kappa shape index (κ3) is 6.61. The molecule has 0 heterocycles. The highest BCUT2D eigenvalue weighted by Crippen LogP contribution is 2.02. The Labute approximate surface area is 114 Å². The predicted octanol–water partition coefficient (Wildman–Crippen LogP) is 0.467. The molecule has 0 spiro atoms. The molecule has 2 N–H and O–H groups in total. The molecule has 0 aromatic heterocycles. The predicted molar refractivity (Wildman–Crippen MR) is 75.5 cm³/mol. The Morgan fingerprint density at radius 3 is 2.58 bits per heavy atom. The first kappa shape index (κ1) is 15.2. The average molecular weight is 260 g/mol. The molecule has 0 bridgehead atoms. The third-order valence-corrected chi connectivity index (χ3v) is 2.38. The molecule has 0 saturated heterocycles. The fourth-order valence-electron chi connectivity index (χ4n) is 1.70. The molecule has 1 aromatic carbocycles. The van der Waals surface area contributed by atoms with Crippen molar-refractivity contribution in [2.24, 2.45) is 0 Å². The van der Waals surface area contributed by atoms with Gasteiger partial charge in [-0.25, -0.2) is 0 Å². The van der Waals surface area contributed by atoms with Crippen LogP contribution in [0.15, 0.2) is 30.3 Å². The van der Waals surface area contributed by atoms with E-state index in [1.807, 2.05) is 49.3 Å². The second kappa shape index (κ2) is 6.93. The third-order valence-electron chi connectivity index (χ3n) is 2.38. The molecule has 0 aliphatic carbocycles. The minimum Gasteiger partial charge on any atom is -0.387 e. The Morgan fingerprint density at radius 1 is 1.37 bits per heavy atom. The molecule has 4 nitrogen and oxygen atoms in total. The first-order valence-electron chi connectivity index (χ1n) is 6.11. The van der Waals surface area contributed by atoms with Gasteiger partial charge in [-0.05, 0) is 33.2 Å². The topological polar surface area (TPSA) is 52.6 Å². The number of nitrogens with one attached hydrogen (secondary N) is 1. The Morgan fingerprint density at radius 2 is 2.00 bits per heavy atom. The summed E-state index contributed by atoms with van der Waals surface area (Å²) in [6.07, 6.45) is 0. The summed E-state index contributed by atoms with van der Waals surface area (Å²) in [5.41, 5.74) is -0.175. The second-order valence-electron chi connectivity index (χ2n) is 5.03. The summed E-state index contributed by atoms with van der Waals surface area (Å²) in [6.45, 7) is 2.32. The lowest BCUT2D eigenvalue weighted by Gasteiger charge is -2.26. The molecule has 4 heteroatoms. The summed E-state index contributed by atoms with van der Waals surface area (Å²) in [4.78, 5) is 13.4. The highest BCUT2D eigenvalue weighted by Gasteiger charge is 2.21. The second-order valence-corrected chi connectivity index (χ2v) is 5.03. The number of benzene rings is 1. The van der Waals surface area contributed by atoms with Gasteiger partial charge in [0.05, 0.1) is 5.60 Å². The number of aliphatic hydroxyl groups is 1. The van der Waals surface area contributed by atoms with Crippen molar-refractivity contribution < 1.29 is 9.90 Å². The van der Waals surface area contributed by atoms with E-state index in [9.17, 15) is 9.90 Å². The summed E-state index contributed by atoms with van der Waals surface area (Å²) >= 11 is 0. The zero-order valence-corrected chi connectivity index (χ0v) is 11.6. The van der Waals surface area contributed by atoms with Crippen molar-refractivity contribution in [2.45, 2.75) is 12.5 Å². The molecule has 1 aromatic rings. The highest BCUT2D eigenvalue weighted by molar-refractivity contribution is 5.94. The van der Waals surface area contributed by atoms with Crippen molar-refractivity contribution in [3.05, 3.63) is 35.9 Å². The zero-order valence-electron chi connectivity index (χ0n) is 11.6. The number of nitrogens with zero attached hydrogens (tertiary/aromatic N) is 1. The van der Waals surface area contributed by atoms with Crippen LogP contribution in [0, 0.1) is 11.8 Å². The van der Waals surface area contributed by atoms with Crippen molar-refractivity contribution in [1.29, 1.82) is 0 Å². The molecule has 1 amide bonds. The minimum absolute atomic E-state index is 0.174. The lowest BCUT2D eigenvalue weighted by atomic mass is 10.1. The first-order valence-corrected chi connectivity index (χ1v) is 6.11. The van der Waals surface area contributed by atoms with Crippen LogP contribution in [0.4, 0.5) is 0 Å². The van der Waals surface area contributed by atoms with Gasteiger partial charge in [-0.1, -0.05) is 24.1 Å². The Hall–Kier alpha value is -1.83. The largest absolute Gasteiger partial charge is 0.387 e. The van der Waals surface area contributed by atoms with E-state index in [0.717, 1.165) is 5.56 Å². The number of rotatable bonds is 4. The number of carbonyl (C=O) groups excluding carboxylic acids is 1. The molecule has 0 aliphatic rings. The van der Waals surface area contributed by atoms with Crippen LogP contribution in [-0.2, 0) is 4.79 Å². The number of hydrogen-bond donors (Lipinski definition) is 2. The highest BCUT2D eigenvalue weighted by atomic mass is 16.3. The van der Waals surface area contributed by atoms with E-state index in [0.29, 0.717) is 6.54 Å². The number of hydrogen-bond acceptors (Lipinski definition) is 3. The molecule has 0 aliphatic heterocycles. The molecule has 0 radical (unpaired) electrons. The van der Waals surface area contributed by atoms with Crippen molar-refractivity contribution in [3.63, 3.8) is 0 Å². The molecule has 102 valence electrons. The van der Waals surface area contributed by atoms with Crippen LogP contribution >= 0.6 is 0 Å². The van der Waals surface area contributed by atoms with Gasteiger partial charge in [-0.2, -0.15) is 0 Å². The van der Waals surface area contributed by atoms with E-state index >= 15 is 0 Å². The maximum Gasteiger partial charge on any atom is 0.296 e. The van der Waals surface area contributed by atoms with Crippen LogP contribution in [0.1, 0.15) is 12.5 Å². The number of carbonyl (C=O) groups is 1. The van der Waals surface area contributed by atoms with Crippen LogP contribution in [0.3, 0.4) is 0 Å². The summed E-state index contributed by atoms with van der Waals surface area (Å²) in [7, 11) is 3.73. The normalized spacial score (nSPS) is 13.3. The maximum absolute atomic E-state index is 11.5. The van der Waals surface area contributed by atoms with Crippen LogP contribution in [0.2, 0.25) is 0 Å². The van der Waals surface area contributed by atoms with Gasteiger partial charge in [0.25, 0.3) is 5.91 Å². The summed E-state index contributed by atoms with van der Waals surface area (Å²) in [5.74, 6) is 4.88. The van der Waals surface area contributed by atoms with Gasteiger partial charge in [0.15, 0.2) is 0 Å². The van der Waals surface area contributed by atoms with Gasteiger partial charge in [0.2, 0.25) is 0 Å². The van der Waals surface area contributed by atoms with Crippen molar-refractivity contribution >= 4 is 5.91 Å². The molecule has 0 saturated carbocycles. The molecular formula is C15H20N2O2. The van der Waals surface area contributed by atoms with Gasteiger partial charge in [-0.15, -0.1) is 0 Å². The fourth-order valence-corrected chi connectivity index (χ4v) is 1.70. The van der Waals surface area contributed by atoms with E-state index in [1.165, 1.54) is 0 Å². The molecular weight excluding hydrogens is 240 g/mol. The van der Waals surface area contributed by atoms with Crippen molar-refractivity contribution in [2.75, 3.05) is 27.2 Å². The first-order chi connectivity index (χ1) is 8.89. The van der Waals surface area contributed by atoms with Crippen LogP contribution in [-0.4, -0.2) is 48.7 Å². The van der Waals surface area contributed by atoms with Gasteiger partial charge >= 0.3 is 0 Å². The fraction of sp³-hybridized carbons (Fsp3) is 0.400. The van der Waals surface area contributed by atoms with Crippen LogP contribution in [0.25, 0.3) is 0 Å². The molecule has 1 atom stereocenters. The summed E-state index contributed by atoms with van der Waals surface area (Å²) in [5, 5.41) is 12.6. The van der Waals surface area contributed by atoms with E-state index in [-0.39, 0.29) is 12.5 Å². The standard InChI is InChI=1S/C15H20N2O2/c1-15(19,12-17(2)3)11-16-14(18)10-9-13-7-5-4-6-8-13/h4-8,19H,11-12H2,1-3H3,(H,16,18). The smallest absolute Gasteiger partial charge is 0.296 e. The number of likely N-dealkylation sites (N-methyl/N-ethyl adjacent to an activating group) is 1. The van der Waals surface area contributed by atoms with E-state index < -0.39 is 5.60 Å². The molecule has 0 fully saturated rings. The van der Waals surface area contributed by atoms with Gasteiger partial charge in [0, 0.05) is 24.6 Å². The molecule has 19 heavy (non-hydrogen) atoms. The van der Waals surface area contributed by atoms with E-state index in [2.05, 4.69) is 17.2 Å². The van der Waals surface area contributed by atoms with Gasteiger partial charge in [0.1, 0.15) is 0 Å². The lowest BCUT2D eigenvalue weighted by molar-refractivity contribution is -0.116. The van der Waals surface area contributed by atoms with Crippen LogP contribution in [0.5, 0.6) is 0 Å². The molecule has 1 rings (SSSR count). The van der Waals surface area contributed by atoms with Crippen molar-refractivity contribution in [1.82, 2.24) is 10.2 Å². The molecule has 1 unspecified atom stereocenters. The monoisotopic (exact) mass is 260 g/mol. The number of amides is 1. The summed E-state index contributed by atoms with van der Waals surface area (Å²) in [6, 6.07) is 9.29. The van der Waals surface area contributed by atoms with E-state index in [1.54, 1.807) is 6.92 Å². The Kier molecular flexibility index (Phi) is 5.56. The van der Waals surface area contributed by atoms with Gasteiger partial charge < -0.3 is 15.3 Å². The van der Waals surface area contributed by atoms with Gasteiger partial charge in [-0.3, -0.25) is 4.79 Å². The SMILES string of the molecule is CN(C)CC(C)(O)CNC(=O)C#Cc1ccccc1. The maximum atomic E-state index is 11.5. The van der Waals surface area contributed by atoms with E-state index in [4.69, 9.17) is 0 Å². The quantitative estimate of drug-likeness (QED) is 0.774. The van der Waals surface area contributed by atoms with Crippen LogP contribution < -0.4 is 5.32 Å². The average Bonchev–Trinajstić information content (AvgIpc) is 2.34.